The molecule has 124 valence electrons. The molecule has 0 atom stereocenters. The highest BCUT2D eigenvalue weighted by Crippen LogP contribution is 2.33. The van der Waals surface area contributed by atoms with Crippen molar-refractivity contribution >= 4 is 12.2 Å². The van der Waals surface area contributed by atoms with Crippen LogP contribution in [0.5, 0.6) is 17.2 Å². The minimum Gasteiger partial charge on any atom is -0.489 e. The van der Waals surface area contributed by atoms with Gasteiger partial charge in [0.2, 0.25) is 6.79 Å². The fourth-order valence-electron chi connectivity index (χ4n) is 2.63. The van der Waals surface area contributed by atoms with Gasteiger partial charge in [0.1, 0.15) is 12.4 Å². The summed E-state index contributed by atoms with van der Waals surface area (Å²) in [5.74, 6) is 2.47. The Balaban J connectivity index is 1.38. The van der Waals surface area contributed by atoms with E-state index in [-0.39, 0.29) is 0 Å². The maximum Gasteiger partial charge on any atom is 0.231 e. The summed E-state index contributed by atoms with van der Waals surface area (Å²) in [5.41, 5.74) is 3.35. The van der Waals surface area contributed by atoms with Crippen LogP contribution < -0.4 is 14.2 Å². The Labute approximate surface area is 147 Å². The molecule has 25 heavy (non-hydrogen) atoms. The second-order valence-corrected chi connectivity index (χ2v) is 5.79. The number of ether oxygens (including phenoxy) is 3. The molecule has 3 nitrogen and oxygen atoms in total. The molecule has 0 saturated heterocycles. The molecule has 0 N–H and O–H groups in total. The molecule has 0 amide bonds. The minimum atomic E-state index is 0.299. The van der Waals surface area contributed by atoms with E-state index in [4.69, 9.17) is 14.2 Å². The molecule has 3 aromatic rings. The van der Waals surface area contributed by atoms with Crippen LogP contribution in [0.1, 0.15) is 16.7 Å². The lowest BCUT2D eigenvalue weighted by Crippen LogP contribution is -1.94. The van der Waals surface area contributed by atoms with Gasteiger partial charge in [0.25, 0.3) is 0 Å². The molecule has 1 heterocycles. The number of fused-ring (bicyclic) bond motifs is 1. The Hall–Kier alpha value is -3.20. The molecule has 0 saturated carbocycles. The number of hydrogen-bond donors (Lipinski definition) is 0. The highest BCUT2D eigenvalue weighted by atomic mass is 16.7. The third-order valence-corrected chi connectivity index (χ3v) is 3.99. The summed E-state index contributed by atoms with van der Waals surface area (Å²) in [4.78, 5) is 0. The van der Waals surface area contributed by atoms with Gasteiger partial charge in [-0.1, -0.05) is 60.7 Å². The first-order chi connectivity index (χ1) is 12.4. The van der Waals surface area contributed by atoms with Gasteiger partial charge >= 0.3 is 0 Å². The number of benzene rings is 3. The van der Waals surface area contributed by atoms with Gasteiger partial charge in [0.15, 0.2) is 11.5 Å². The third-order valence-electron chi connectivity index (χ3n) is 3.99. The molecule has 1 aliphatic heterocycles. The number of hydrogen-bond acceptors (Lipinski definition) is 3. The van der Waals surface area contributed by atoms with E-state index in [0.29, 0.717) is 13.4 Å². The summed E-state index contributed by atoms with van der Waals surface area (Å²) in [6, 6.07) is 24.2. The predicted octanol–water partition coefficient (Wildman–Crippen LogP) is 5.16. The molecule has 0 radical (unpaired) electrons. The van der Waals surface area contributed by atoms with Crippen LogP contribution in [0.4, 0.5) is 0 Å². The highest BCUT2D eigenvalue weighted by Gasteiger charge is 2.12. The zero-order valence-electron chi connectivity index (χ0n) is 13.7. The van der Waals surface area contributed by atoms with Gasteiger partial charge in [0.05, 0.1) is 0 Å². The Morgan fingerprint density at radius 1 is 0.760 bits per heavy atom. The van der Waals surface area contributed by atoms with Crippen LogP contribution in [0.15, 0.2) is 72.8 Å². The summed E-state index contributed by atoms with van der Waals surface area (Å²) >= 11 is 0. The van der Waals surface area contributed by atoms with Crippen molar-refractivity contribution in [1.29, 1.82) is 0 Å². The standard InChI is InChI=1S/C22H18O3/c1-2-4-19(5-3-1)15-23-20-11-8-17(9-12-20)6-7-18-10-13-21-22(14-18)25-16-24-21/h1-14H,15-16H2/b7-6+. The van der Waals surface area contributed by atoms with Crippen molar-refractivity contribution in [3.05, 3.63) is 89.5 Å². The molecule has 0 spiro atoms. The van der Waals surface area contributed by atoms with Crippen molar-refractivity contribution in [2.45, 2.75) is 6.61 Å². The highest BCUT2D eigenvalue weighted by molar-refractivity contribution is 5.71. The summed E-state index contributed by atoms with van der Waals surface area (Å²) in [5, 5.41) is 0. The van der Waals surface area contributed by atoms with E-state index >= 15 is 0 Å². The van der Waals surface area contributed by atoms with Gasteiger partial charge in [-0.15, -0.1) is 0 Å². The maximum atomic E-state index is 5.81. The lowest BCUT2D eigenvalue weighted by Gasteiger charge is -2.06. The molecule has 1 aliphatic rings. The minimum absolute atomic E-state index is 0.299. The average Bonchev–Trinajstić information content (AvgIpc) is 3.14. The van der Waals surface area contributed by atoms with Crippen molar-refractivity contribution in [3.8, 4) is 17.2 Å². The van der Waals surface area contributed by atoms with Crippen LogP contribution >= 0.6 is 0 Å². The molecule has 3 aromatic carbocycles. The van der Waals surface area contributed by atoms with E-state index in [1.165, 1.54) is 0 Å². The zero-order chi connectivity index (χ0) is 16.9. The van der Waals surface area contributed by atoms with Crippen molar-refractivity contribution in [1.82, 2.24) is 0 Å². The smallest absolute Gasteiger partial charge is 0.231 e. The maximum absolute atomic E-state index is 5.81. The van der Waals surface area contributed by atoms with E-state index in [2.05, 4.69) is 24.3 Å². The summed E-state index contributed by atoms with van der Waals surface area (Å²) in [6.07, 6.45) is 4.13. The first-order valence-electron chi connectivity index (χ1n) is 8.21. The Kier molecular flexibility index (Phi) is 4.38. The molecule has 0 unspecified atom stereocenters. The molecule has 0 aliphatic carbocycles. The summed E-state index contributed by atoms with van der Waals surface area (Å²) in [7, 11) is 0. The van der Waals surface area contributed by atoms with Crippen molar-refractivity contribution in [2.75, 3.05) is 6.79 Å². The molecular formula is C22H18O3. The Bertz CT molecular complexity index is 868. The summed E-state index contributed by atoms with van der Waals surface area (Å²) in [6.45, 7) is 0.875. The van der Waals surface area contributed by atoms with Gasteiger partial charge in [-0.25, -0.2) is 0 Å². The first-order valence-corrected chi connectivity index (χ1v) is 8.21. The quantitative estimate of drug-likeness (QED) is 0.604. The van der Waals surface area contributed by atoms with Crippen LogP contribution in [-0.4, -0.2) is 6.79 Å². The monoisotopic (exact) mass is 330 g/mol. The van der Waals surface area contributed by atoms with Gasteiger partial charge in [-0.3, -0.25) is 0 Å². The second kappa shape index (κ2) is 7.14. The van der Waals surface area contributed by atoms with Crippen LogP contribution in [0.25, 0.3) is 12.2 Å². The van der Waals surface area contributed by atoms with E-state index in [0.717, 1.165) is 33.9 Å². The van der Waals surface area contributed by atoms with Crippen molar-refractivity contribution < 1.29 is 14.2 Å². The molecule has 3 heteroatoms. The van der Waals surface area contributed by atoms with Crippen LogP contribution in [0.2, 0.25) is 0 Å². The van der Waals surface area contributed by atoms with Gasteiger partial charge < -0.3 is 14.2 Å². The first kappa shape index (κ1) is 15.3. The largest absolute Gasteiger partial charge is 0.489 e. The van der Waals surface area contributed by atoms with E-state index in [9.17, 15) is 0 Å². The van der Waals surface area contributed by atoms with Gasteiger partial charge in [-0.2, -0.15) is 0 Å². The van der Waals surface area contributed by atoms with Crippen LogP contribution in [0, 0.1) is 0 Å². The van der Waals surface area contributed by atoms with E-state index in [1.807, 2.05) is 60.7 Å². The van der Waals surface area contributed by atoms with Crippen LogP contribution in [-0.2, 0) is 6.61 Å². The zero-order valence-corrected chi connectivity index (χ0v) is 13.7. The Morgan fingerprint density at radius 2 is 1.48 bits per heavy atom. The van der Waals surface area contributed by atoms with Crippen molar-refractivity contribution in [2.24, 2.45) is 0 Å². The number of rotatable bonds is 5. The molecule has 0 bridgehead atoms. The predicted molar refractivity (Wildman–Crippen MR) is 98.7 cm³/mol. The van der Waals surface area contributed by atoms with Gasteiger partial charge in [0, 0.05) is 0 Å². The normalized spacial score (nSPS) is 12.5. The van der Waals surface area contributed by atoms with Gasteiger partial charge in [-0.05, 0) is 41.0 Å². The lowest BCUT2D eigenvalue weighted by atomic mass is 10.1. The fourth-order valence-corrected chi connectivity index (χ4v) is 2.63. The summed E-state index contributed by atoms with van der Waals surface area (Å²) < 4.78 is 16.5. The van der Waals surface area contributed by atoms with E-state index in [1.54, 1.807) is 0 Å². The SMILES string of the molecule is C(=C\c1ccc2c(c1)OCO2)/c1ccc(OCc2ccccc2)cc1. The molecule has 0 aromatic heterocycles. The second-order valence-electron chi connectivity index (χ2n) is 5.79. The fraction of sp³-hybridized carbons (Fsp3) is 0.0909. The topological polar surface area (TPSA) is 27.7 Å². The molecule has 0 fully saturated rings. The molecule has 4 rings (SSSR count). The lowest BCUT2D eigenvalue weighted by molar-refractivity contribution is 0.174. The Morgan fingerprint density at radius 3 is 2.32 bits per heavy atom. The van der Waals surface area contributed by atoms with Crippen molar-refractivity contribution in [3.63, 3.8) is 0 Å². The third kappa shape index (κ3) is 3.83. The molecular weight excluding hydrogens is 312 g/mol. The van der Waals surface area contributed by atoms with Crippen LogP contribution in [0.3, 0.4) is 0 Å². The average molecular weight is 330 g/mol. The van der Waals surface area contributed by atoms with E-state index < -0.39 is 0 Å².